The zero-order valence-corrected chi connectivity index (χ0v) is 11.2. The van der Waals surface area contributed by atoms with Crippen LogP contribution in [0.4, 0.5) is 4.79 Å². The van der Waals surface area contributed by atoms with Crippen LogP contribution in [-0.4, -0.2) is 41.8 Å². The van der Waals surface area contributed by atoms with Gasteiger partial charge in [-0.15, -0.1) is 11.6 Å². The standard InChI is InChI=1S/C12H20ClNO3/c1-3-9-5-6-14(12(16)17-4-2)10(7-9)11(15)8-13/h9-10H,3-8H2,1-2H3. The molecule has 98 valence electrons. The van der Waals surface area contributed by atoms with E-state index in [1.165, 1.54) is 4.90 Å². The molecule has 1 saturated heterocycles. The van der Waals surface area contributed by atoms with E-state index in [2.05, 4.69) is 6.92 Å². The van der Waals surface area contributed by atoms with Crippen molar-refractivity contribution in [1.29, 1.82) is 0 Å². The van der Waals surface area contributed by atoms with Crippen molar-refractivity contribution in [1.82, 2.24) is 4.90 Å². The summed E-state index contributed by atoms with van der Waals surface area (Å²) in [5, 5.41) is 0. The third kappa shape index (κ3) is 3.60. The van der Waals surface area contributed by atoms with Gasteiger partial charge in [-0.3, -0.25) is 9.69 Å². The van der Waals surface area contributed by atoms with Crippen LogP contribution >= 0.6 is 11.6 Å². The fraction of sp³-hybridized carbons (Fsp3) is 0.833. The second-order valence-corrected chi connectivity index (χ2v) is 4.57. The minimum Gasteiger partial charge on any atom is -0.450 e. The molecule has 0 radical (unpaired) electrons. The maximum Gasteiger partial charge on any atom is 0.410 e. The van der Waals surface area contributed by atoms with Crippen molar-refractivity contribution in [3.05, 3.63) is 0 Å². The maximum atomic E-state index is 11.8. The third-order valence-corrected chi connectivity index (χ3v) is 3.56. The summed E-state index contributed by atoms with van der Waals surface area (Å²) >= 11 is 5.59. The first kappa shape index (κ1) is 14.3. The lowest BCUT2D eigenvalue weighted by atomic mass is 9.87. The lowest BCUT2D eigenvalue weighted by Crippen LogP contribution is -2.50. The molecule has 2 unspecified atom stereocenters. The molecule has 5 heteroatoms. The van der Waals surface area contributed by atoms with E-state index in [0.717, 1.165) is 12.8 Å². The summed E-state index contributed by atoms with van der Waals surface area (Å²) in [5.41, 5.74) is 0. The van der Waals surface area contributed by atoms with Crippen LogP contribution in [0.25, 0.3) is 0 Å². The van der Waals surface area contributed by atoms with Gasteiger partial charge in [-0.2, -0.15) is 0 Å². The highest BCUT2D eigenvalue weighted by Crippen LogP contribution is 2.26. The highest BCUT2D eigenvalue weighted by molar-refractivity contribution is 6.28. The zero-order valence-electron chi connectivity index (χ0n) is 10.4. The van der Waals surface area contributed by atoms with Gasteiger partial charge in [0.25, 0.3) is 0 Å². The smallest absolute Gasteiger partial charge is 0.410 e. The number of rotatable bonds is 4. The molecular formula is C12H20ClNO3. The van der Waals surface area contributed by atoms with Gasteiger partial charge < -0.3 is 4.74 Å². The van der Waals surface area contributed by atoms with Crippen LogP contribution in [0.5, 0.6) is 0 Å². The predicted octanol–water partition coefficient (Wildman–Crippen LogP) is 2.44. The molecule has 1 fully saturated rings. The van der Waals surface area contributed by atoms with E-state index in [1.807, 2.05) is 0 Å². The highest BCUT2D eigenvalue weighted by Gasteiger charge is 2.35. The van der Waals surface area contributed by atoms with E-state index in [4.69, 9.17) is 16.3 Å². The SMILES string of the molecule is CCOC(=O)N1CCC(CC)CC1C(=O)CCl. The number of hydrogen-bond donors (Lipinski definition) is 0. The van der Waals surface area contributed by atoms with Gasteiger partial charge in [-0.25, -0.2) is 4.79 Å². The molecule has 4 nitrogen and oxygen atoms in total. The lowest BCUT2D eigenvalue weighted by Gasteiger charge is -2.37. The van der Waals surface area contributed by atoms with E-state index in [-0.39, 0.29) is 11.7 Å². The second-order valence-electron chi connectivity index (χ2n) is 4.31. The van der Waals surface area contributed by atoms with Gasteiger partial charge in [0.1, 0.15) is 0 Å². The summed E-state index contributed by atoms with van der Waals surface area (Å²) in [6, 6.07) is -0.398. The molecular weight excluding hydrogens is 242 g/mol. The summed E-state index contributed by atoms with van der Waals surface area (Å²) in [6.07, 6.45) is 2.27. The van der Waals surface area contributed by atoms with E-state index in [9.17, 15) is 9.59 Å². The van der Waals surface area contributed by atoms with Crippen molar-refractivity contribution in [2.75, 3.05) is 19.0 Å². The molecule has 1 amide bonds. The number of carbonyl (C=O) groups is 2. The Labute approximate surface area is 107 Å². The molecule has 1 rings (SSSR count). The Morgan fingerprint density at radius 3 is 2.65 bits per heavy atom. The van der Waals surface area contributed by atoms with Crippen LogP contribution in [0.15, 0.2) is 0 Å². The molecule has 0 aliphatic carbocycles. The summed E-state index contributed by atoms with van der Waals surface area (Å²) in [7, 11) is 0. The monoisotopic (exact) mass is 261 g/mol. The lowest BCUT2D eigenvalue weighted by molar-refractivity contribution is -0.123. The Kier molecular flexibility index (Phi) is 5.75. The Hall–Kier alpha value is -0.770. The highest BCUT2D eigenvalue weighted by atomic mass is 35.5. The first-order chi connectivity index (χ1) is 8.13. The number of likely N-dealkylation sites (tertiary alicyclic amines) is 1. The number of alkyl halides is 1. The first-order valence-corrected chi connectivity index (χ1v) is 6.69. The van der Waals surface area contributed by atoms with Crippen LogP contribution < -0.4 is 0 Å². The Bertz CT molecular complexity index is 283. The molecule has 0 aromatic heterocycles. The summed E-state index contributed by atoms with van der Waals surface area (Å²) in [5.74, 6) is 0.368. The number of piperidine rings is 1. The van der Waals surface area contributed by atoms with Crippen molar-refractivity contribution in [2.45, 2.75) is 39.2 Å². The molecule has 0 spiro atoms. The van der Waals surface area contributed by atoms with Gasteiger partial charge in [-0.1, -0.05) is 13.3 Å². The predicted molar refractivity (Wildman–Crippen MR) is 66.3 cm³/mol. The van der Waals surface area contributed by atoms with Crippen molar-refractivity contribution in [2.24, 2.45) is 5.92 Å². The number of ether oxygens (including phenoxy) is 1. The molecule has 0 aromatic carbocycles. The normalized spacial score (nSPS) is 24.5. The summed E-state index contributed by atoms with van der Waals surface area (Å²) in [6.45, 7) is 4.78. The molecule has 0 aromatic rings. The number of hydrogen-bond acceptors (Lipinski definition) is 3. The van der Waals surface area contributed by atoms with Crippen LogP contribution in [0.3, 0.4) is 0 Å². The molecule has 1 aliphatic heterocycles. The van der Waals surface area contributed by atoms with Gasteiger partial charge in [0, 0.05) is 6.54 Å². The van der Waals surface area contributed by atoms with E-state index < -0.39 is 12.1 Å². The minimum atomic E-state index is -0.398. The Balaban J connectivity index is 2.73. The third-order valence-electron chi connectivity index (χ3n) is 3.29. The molecule has 0 N–H and O–H groups in total. The quantitative estimate of drug-likeness (QED) is 0.731. The van der Waals surface area contributed by atoms with Crippen molar-refractivity contribution < 1.29 is 14.3 Å². The molecule has 0 saturated carbocycles. The number of nitrogens with zero attached hydrogens (tertiary/aromatic N) is 1. The van der Waals surface area contributed by atoms with Gasteiger partial charge in [0.05, 0.1) is 18.5 Å². The van der Waals surface area contributed by atoms with E-state index in [0.29, 0.717) is 25.5 Å². The fourth-order valence-electron chi connectivity index (χ4n) is 2.23. The second kappa shape index (κ2) is 6.84. The van der Waals surface area contributed by atoms with E-state index >= 15 is 0 Å². The number of ketones is 1. The molecule has 1 aliphatic rings. The van der Waals surface area contributed by atoms with Crippen LogP contribution in [-0.2, 0) is 9.53 Å². The average Bonchev–Trinajstić information content (AvgIpc) is 2.37. The molecule has 17 heavy (non-hydrogen) atoms. The number of carbonyl (C=O) groups excluding carboxylic acids is 2. The van der Waals surface area contributed by atoms with Gasteiger partial charge in [-0.05, 0) is 25.7 Å². The minimum absolute atomic E-state index is 0.0446. The molecule has 0 bridgehead atoms. The largest absolute Gasteiger partial charge is 0.450 e. The molecule has 2 atom stereocenters. The Morgan fingerprint density at radius 1 is 1.41 bits per heavy atom. The van der Waals surface area contributed by atoms with E-state index in [1.54, 1.807) is 6.92 Å². The van der Waals surface area contributed by atoms with Crippen molar-refractivity contribution in [3.8, 4) is 0 Å². The topological polar surface area (TPSA) is 46.6 Å². The zero-order chi connectivity index (χ0) is 12.8. The fourth-order valence-corrected chi connectivity index (χ4v) is 2.41. The van der Waals surface area contributed by atoms with Crippen molar-refractivity contribution >= 4 is 23.5 Å². The van der Waals surface area contributed by atoms with Crippen LogP contribution in [0, 0.1) is 5.92 Å². The number of halogens is 1. The van der Waals surface area contributed by atoms with Crippen molar-refractivity contribution in [3.63, 3.8) is 0 Å². The number of amides is 1. The van der Waals surface area contributed by atoms with Gasteiger partial charge >= 0.3 is 6.09 Å². The van der Waals surface area contributed by atoms with Crippen LogP contribution in [0.1, 0.15) is 33.1 Å². The first-order valence-electron chi connectivity index (χ1n) is 6.16. The number of Topliss-reactive ketones (excluding diaryl/α,β-unsaturated/α-hetero) is 1. The van der Waals surface area contributed by atoms with Gasteiger partial charge in [0.2, 0.25) is 0 Å². The molecule has 1 heterocycles. The summed E-state index contributed by atoms with van der Waals surface area (Å²) in [4.78, 5) is 25.0. The maximum absolute atomic E-state index is 11.8. The average molecular weight is 262 g/mol. The van der Waals surface area contributed by atoms with Crippen LogP contribution in [0.2, 0.25) is 0 Å². The summed E-state index contributed by atoms with van der Waals surface area (Å²) < 4.78 is 4.97. The Morgan fingerprint density at radius 2 is 2.12 bits per heavy atom. The van der Waals surface area contributed by atoms with Gasteiger partial charge in [0.15, 0.2) is 5.78 Å².